The Labute approximate surface area is 130 Å². The molecule has 21 heavy (non-hydrogen) atoms. The van der Waals surface area contributed by atoms with Crippen LogP contribution in [0.15, 0.2) is 11.4 Å². The molecule has 0 unspecified atom stereocenters. The number of hydrogen-bond donors (Lipinski definition) is 1. The Bertz CT molecular complexity index is 504. The molecule has 1 aliphatic carbocycles. The maximum atomic E-state index is 12.5. The average Bonchev–Trinajstić information content (AvgIpc) is 2.94. The van der Waals surface area contributed by atoms with Gasteiger partial charge in [-0.15, -0.1) is 11.3 Å². The van der Waals surface area contributed by atoms with Gasteiger partial charge in [-0.05, 0) is 38.7 Å². The van der Waals surface area contributed by atoms with Crippen LogP contribution in [0, 0.1) is 0 Å². The van der Waals surface area contributed by atoms with Crippen molar-refractivity contribution < 1.29 is 9.59 Å². The van der Waals surface area contributed by atoms with E-state index in [1.54, 1.807) is 11.3 Å². The molecule has 0 atom stereocenters. The van der Waals surface area contributed by atoms with Gasteiger partial charge in [0.25, 0.3) is 5.91 Å². The first-order valence-electron chi connectivity index (χ1n) is 7.66. The number of carbonyl (C=O) groups is 2. The van der Waals surface area contributed by atoms with E-state index in [2.05, 4.69) is 0 Å². The van der Waals surface area contributed by atoms with Gasteiger partial charge in [0, 0.05) is 16.3 Å². The van der Waals surface area contributed by atoms with Gasteiger partial charge in [-0.25, -0.2) is 0 Å². The fraction of sp³-hybridized carbons (Fsp3) is 0.625. The summed E-state index contributed by atoms with van der Waals surface area (Å²) in [5, 5.41) is 1.92. The molecule has 0 saturated heterocycles. The van der Waals surface area contributed by atoms with E-state index in [1.807, 2.05) is 25.3 Å². The monoisotopic (exact) mass is 308 g/mol. The summed E-state index contributed by atoms with van der Waals surface area (Å²) in [7, 11) is 0. The van der Waals surface area contributed by atoms with Crippen LogP contribution in [0.25, 0.3) is 0 Å². The van der Waals surface area contributed by atoms with E-state index in [-0.39, 0.29) is 18.5 Å². The van der Waals surface area contributed by atoms with E-state index in [0.717, 1.165) is 0 Å². The highest BCUT2D eigenvalue weighted by atomic mass is 32.1. The fourth-order valence-electron chi connectivity index (χ4n) is 2.89. The molecule has 0 spiro atoms. The van der Waals surface area contributed by atoms with Crippen molar-refractivity contribution in [2.24, 2.45) is 5.73 Å². The molecular formula is C16H24N2O2S. The summed E-state index contributed by atoms with van der Waals surface area (Å²) < 4.78 is 0. The first kappa shape index (κ1) is 16.0. The Balaban J connectivity index is 2.11. The molecular weight excluding hydrogens is 284 g/mol. The van der Waals surface area contributed by atoms with Crippen molar-refractivity contribution in [3.05, 3.63) is 21.9 Å². The number of primary amides is 1. The molecule has 2 amide bonds. The molecule has 1 aromatic rings. The fourth-order valence-corrected chi connectivity index (χ4v) is 3.94. The van der Waals surface area contributed by atoms with Crippen molar-refractivity contribution >= 4 is 23.2 Å². The highest BCUT2D eigenvalue weighted by Crippen LogP contribution is 2.36. The van der Waals surface area contributed by atoms with Gasteiger partial charge in [-0.3, -0.25) is 9.59 Å². The molecule has 4 nitrogen and oxygen atoms in total. The zero-order valence-electron chi connectivity index (χ0n) is 12.8. The van der Waals surface area contributed by atoms with Crippen LogP contribution in [0.1, 0.15) is 67.1 Å². The topological polar surface area (TPSA) is 63.4 Å². The highest BCUT2D eigenvalue weighted by molar-refractivity contribution is 7.10. The van der Waals surface area contributed by atoms with E-state index >= 15 is 0 Å². The maximum Gasteiger partial charge on any atom is 0.255 e. The lowest BCUT2D eigenvalue weighted by Gasteiger charge is -2.25. The highest BCUT2D eigenvalue weighted by Gasteiger charge is 2.23. The van der Waals surface area contributed by atoms with E-state index in [1.165, 1.54) is 41.9 Å². The third-order valence-corrected chi connectivity index (χ3v) is 5.18. The third kappa shape index (κ3) is 4.06. The molecule has 1 fully saturated rings. The first-order chi connectivity index (χ1) is 9.99. The van der Waals surface area contributed by atoms with Crippen LogP contribution in [-0.4, -0.2) is 29.3 Å². The zero-order chi connectivity index (χ0) is 15.4. The molecule has 5 heteroatoms. The summed E-state index contributed by atoms with van der Waals surface area (Å²) in [6.45, 7) is 3.77. The van der Waals surface area contributed by atoms with Crippen LogP contribution in [0.4, 0.5) is 0 Å². The lowest BCUT2D eigenvalue weighted by molar-refractivity contribution is -0.119. The molecule has 0 bridgehead atoms. The molecule has 116 valence electrons. The summed E-state index contributed by atoms with van der Waals surface area (Å²) in [5.74, 6) is 0.0378. The van der Waals surface area contributed by atoms with Crippen molar-refractivity contribution in [2.45, 2.75) is 57.9 Å². The molecule has 1 aromatic heterocycles. The second kappa shape index (κ2) is 7.07. The smallest absolute Gasteiger partial charge is 0.255 e. The number of thiophene rings is 1. The summed E-state index contributed by atoms with van der Waals surface area (Å²) in [6.07, 6.45) is 6.34. The van der Waals surface area contributed by atoms with Crippen LogP contribution in [0.2, 0.25) is 0 Å². The van der Waals surface area contributed by atoms with E-state index < -0.39 is 5.91 Å². The Morgan fingerprint density at radius 1 is 1.33 bits per heavy atom. The summed E-state index contributed by atoms with van der Waals surface area (Å²) in [6, 6.07) is 1.97. The van der Waals surface area contributed by atoms with E-state index in [9.17, 15) is 9.59 Å². The molecule has 1 heterocycles. The summed E-state index contributed by atoms with van der Waals surface area (Å²) in [4.78, 5) is 26.5. The third-order valence-electron chi connectivity index (χ3n) is 4.08. The van der Waals surface area contributed by atoms with Gasteiger partial charge in [-0.2, -0.15) is 0 Å². The molecule has 2 N–H and O–H groups in total. The Morgan fingerprint density at radius 3 is 2.57 bits per heavy atom. The largest absolute Gasteiger partial charge is 0.368 e. The van der Waals surface area contributed by atoms with Crippen molar-refractivity contribution in [3.63, 3.8) is 0 Å². The molecule has 2 rings (SSSR count). The van der Waals surface area contributed by atoms with Gasteiger partial charge in [0.1, 0.15) is 0 Å². The number of hydrogen-bond acceptors (Lipinski definition) is 3. The standard InChI is InChI=1S/C16H24N2O2S/c1-11(2)18(9-15(17)19)16(20)13-8-14(21-10-13)12-6-4-3-5-7-12/h8,10-12H,3-7,9H2,1-2H3,(H2,17,19). The van der Waals surface area contributed by atoms with Crippen molar-refractivity contribution in [1.82, 2.24) is 4.90 Å². The van der Waals surface area contributed by atoms with E-state index in [4.69, 9.17) is 5.73 Å². The molecule has 0 aromatic carbocycles. The predicted octanol–water partition coefficient (Wildman–Crippen LogP) is 3.13. The second-order valence-corrected chi connectivity index (χ2v) is 7.01. The van der Waals surface area contributed by atoms with Crippen LogP contribution < -0.4 is 5.73 Å². The Kier molecular flexibility index (Phi) is 5.39. The van der Waals surface area contributed by atoms with Crippen LogP contribution >= 0.6 is 11.3 Å². The second-order valence-electron chi connectivity index (χ2n) is 6.07. The van der Waals surface area contributed by atoms with Gasteiger partial charge in [0.05, 0.1) is 12.1 Å². The minimum atomic E-state index is -0.472. The Morgan fingerprint density at radius 2 is 2.00 bits per heavy atom. The van der Waals surface area contributed by atoms with E-state index in [0.29, 0.717) is 11.5 Å². The van der Waals surface area contributed by atoms with Crippen LogP contribution in [0.5, 0.6) is 0 Å². The summed E-state index contributed by atoms with van der Waals surface area (Å²) in [5.41, 5.74) is 5.93. The predicted molar refractivity (Wildman–Crippen MR) is 85.5 cm³/mol. The average molecular weight is 308 g/mol. The maximum absolute atomic E-state index is 12.5. The Hall–Kier alpha value is -1.36. The quantitative estimate of drug-likeness (QED) is 0.908. The molecule has 1 saturated carbocycles. The molecule has 0 aliphatic heterocycles. The van der Waals surface area contributed by atoms with Crippen molar-refractivity contribution in [3.8, 4) is 0 Å². The lowest BCUT2D eigenvalue weighted by Crippen LogP contribution is -2.42. The van der Waals surface area contributed by atoms with Crippen LogP contribution in [-0.2, 0) is 4.79 Å². The van der Waals surface area contributed by atoms with Gasteiger partial charge < -0.3 is 10.6 Å². The zero-order valence-corrected chi connectivity index (χ0v) is 13.6. The normalized spacial score (nSPS) is 16.1. The number of nitrogens with zero attached hydrogens (tertiary/aromatic N) is 1. The lowest BCUT2D eigenvalue weighted by atomic mass is 9.88. The minimum Gasteiger partial charge on any atom is -0.368 e. The number of carbonyl (C=O) groups excluding carboxylic acids is 2. The van der Waals surface area contributed by atoms with Gasteiger partial charge in [-0.1, -0.05) is 19.3 Å². The van der Waals surface area contributed by atoms with Gasteiger partial charge >= 0.3 is 0 Å². The van der Waals surface area contributed by atoms with Gasteiger partial charge in [0.2, 0.25) is 5.91 Å². The van der Waals surface area contributed by atoms with Gasteiger partial charge in [0.15, 0.2) is 0 Å². The summed E-state index contributed by atoms with van der Waals surface area (Å²) >= 11 is 1.67. The SMILES string of the molecule is CC(C)N(CC(N)=O)C(=O)c1csc(C2CCCCC2)c1. The number of rotatable bonds is 5. The molecule has 1 aliphatic rings. The van der Waals surface area contributed by atoms with Crippen LogP contribution in [0.3, 0.4) is 0 Å². The first-order valence-corrected chi connectivity index (χ1v) is 8.54. The van der Waals surface area contributed by atoms with Crippen molar-refractivity contribution in [1.29, 1.82) is 0 Å². The number of amides is 2. The van der Waals surface area contributed by atoms with Crippen molar-refractivity contribution in [2.75, 3.05) is 6.54 Å². The molecule has 0 radical (unpaired) electrons. The minimum absolute atomic E-state index is 0.0227. The number of nitrogens with two attached hydrogens (primary N) is 1.